The summed E-state index contributed by atoms with van der Waals surface area (Å²) in [5, 5.41) is 2.99. The lowest BCUT2D eigenvalue weighted by Crippen LogP contribution is -2.54. The molecule has 3 saturated heterocycles. The first kappa shape index (κ1) is 19.5. The summed E-state index contributed by atoms with van der Waals surface area (Å²) >= 11 is 3.53. The number of amides is 3. The summed E-state index contributed by atoms with van der Waals surface area (Å²) in [7, 11) is 0. The third-order valence-corrected chi connectivity index (χ3v) is 8.23. The van der Waals surface area contributed by atoms with Gasteiger partial charge in [0.25, 0.3) is 0 Å². The van der Waals surface area contributed by atoms with E-state index in [4.69, 9.17) is 9.47 Å². The summed E-state index contributed by atoms with van der Waals surface area (Å²) in [5.41, 5.74) is 0.746. The van der Waals surface area contributed by atoms with Crippen LogP contribution in [0.1, 0.15) is 18.4 Å². The number of carbonyl (C=O) groups is 3. The van der Waals surface area contributed by atoms with Gasteiger partial charge in [0, 0.05) is 27.8 Å². The van der Waals surface area contributed by atoms with Crippen molar-refractivity contribution in [2.75, 3.05) is 30.0 Å². The number of nitrogens with zero attached hydrogens (tertiary/aromatic N) is 2. The van der Waals surface area contributed by atoms with E-state index in [9.17, 15) is 14.4 Å². The van der Waals surface area contributed by atoms with Gasteiger partial charge in [0.2, 0.25) is 17.7 Å². The summed E-state index contributed by atoms with van der Waals surface area (Å²) < 4.78 is 12.1. The van der Waals surface area contributed by atoms with Gasteiger partial charge in [0.1, 0.15) is 18.8 Å². The van der Waals surface area contributed by atoms with Crippen molar-refractivity contribution in [3.05, 3.63) is 46.4 Å². The van der Waals surface area contributed by atoms with Gasteiger partial charge in [-0.25, -0.2) is 4.90 Å². The molecular weight excluding hydrogens is 490 g/mol. The van der Waals surface area contributed by atoms with E-state index in [1.165, 1.54) is 4.90 Å². The summed E-state index contributed by atoms with van der Waals surface area (Å²) in [4.78, 5) is 44.8. The number of ether oxygens (including phenoxy) is 2. The first-order valence-electron chi connectivity index (χ1n) is 11.2. The van der Waals surface area contributed by atoms with Crippen LogP contribution in [0.25, 0.3) is 0 Å². The fourth-order valence-corrected chi connectivity index (χ4v) is 6.96. The van der Waals surface area contributed by atoms with Gasteiger partial charge in [-0.15, -0.1) is 0 Å². The number of rotatable bonds is 1. The average Bonchev–Trinajstić information content (AvgIpc) is 3.52. The van der Waals surface area contributed by atoms with Crippen LogP contribution in [0.2, 0.25) is 0 Å². The van der Waals surface area contributed by atoms with Gasteiger partial charge in [0.05, 0.1) is 17.5 Å². The molecule has 5 heterocycles. The largest absolute Gasteiger partial charge is 0.486 e. The predicted octanol–water partition coefficient (Wildman–Crippen LogP) is 2.65. The van der Waals surface area contributed by atoms with E-state index in [0.29, 0.717) is 42.6 Å². The molecule has 0 aromatic heterocycles. The fraction of sp³-hybridized carbons (Fsp3) is 0.375. The molecule has 4 unspecified atom stereocenters. The molecule has 0 bridgehead atoms. The van der Waals surface area contributed by atoms with Gasteiger partial charge >= 0.3 is 0 Å². The van der Waals surface area contributed by atoms with Crippen LogP contribution in [0.3, 0.4) is 0 Å². The Morgan fingerprint density at radius 2 is 1.82 bits per heavy atom. The third-order valence-electron chi connectivity index (χ3n) is 7.74. The molecule has 0 aliphatic carbocycles. The maximum atomic E-state index is 14.0. The second kappa shape index (κ2) is 6.57. The second-order valence-electron chi connectivity index (χ2n) is 9.16. The Morgan fingerprint density at radius 1 is 1.00 bits per heavy atom. The minimum Gasteiger partial charge on any atom is -0.486 e. The predicted molar refractivity (Wildman–Crippen MR) is 121 cm³/mol. The molecule has 5 aliphatic heterocycles. The lowest BCUT2D eigenvalue weighted by atomic mass is 9.75. The average molecular weight is 510 g/mol. The normalized spacial score (nSPS) is 31.7. The van der Waals surface area contributed by atoms with Crippen LogP contribution < -0.4 is 19.7 Å². The van der Waals surface area contributed by atoms with Crippen molar-refractivity contribution in [3.8, 4) is 11.5 Å². The van der Waals surface area contributed by atoms with E-state index in [0.717, 1.165) is 22.9 Å². The number of halogens is 1. The van der Waals surface area contributed by atoms with Gasteiger partial charge in [-0.2, -0.15) is 0 Å². The highest BCUT2D eigenvalue weighted by Gasteiger charge is 2.74. The fourth-order valence-electron chi connectivity index (χ4n) is 6.60. The van der Waals surface area contributed by atoms with Crippen LogP contribution in [0.5, 0.6) is 11.5 Å². The highest BCUT2D eigenvalue weighted by Crippen LogP contribution is 2.61. The quantitative estimate of drug-likeness (QED) is 0.594. The molecule has 0 saturated carbocycles. The van der Waals surface area contributed by atoms with Crippen LogP contribution in [0, 0.1) is 11.8 Å². The Hall–Kier alpha value is -2.91. The molecule has 7 rings (SSSR count). The number of nitrogens with one attached hydrogen (secondary N) is 1. The molecular formula is C24H20BrN3O5. The molecule has 2 aromatic carbocycles. The van der Waals surface area contributed by atoms with Gasteiger partial charge < -0.3 is 14.8 Å². The van der Waals surface area contributed by atoms with E-state index in [2.05, 4.69) is 26.1 Å². The van der Waals surface area contributed by atoms with Crippen molar-refractivity contribution in [2.45, 2.75) is 24.4 Å². The zero-order chi connectivity index (χ0) is 22.5. The minimum atomic E-state index is -1.18. The number of anilines is 2. The standard InChI is InChI=1S/C24H20BrN3O5/c25-12-3-5-15-14(10-12)24(23(31)26-15)20-19(16-2-1-7-27(16)24)21(29)28(22(20)30)13-4-6-17-18(11-13)33-9-8-32-17/h3-6,10-11,16,19-20H,1-2,7-9H2,(H,26,31). The van der Waals surface area contributed by atoms with E-state index >= 15 is 0 Å². The van der Waals surface area contributed by atoms with Crippen molar-refractivity contribution >= 4 is 45.0 Å². The van der Waals surface area contributed by atoms with Crippen molar-refractivity contribution in [1.82, 2.24) is 4.90 Å². The van der Waals surface area contributed by atoms with Gasteiger partial charge in [-0.1, -0.05) is 15.9 Å². The van der Waals surface area contributed by atoms with E-state index in [1.807, 2.05) is 18.2 Å². The molecule has 8 nitrogen and oxygen atoms in total. The molecule has 4 atom stereocenters. The molecule has 0 radical (unpaired) electrons. The van der Waals surface area contributed by atoms with Crippen LogP contribution in [0.15, 0.2) is 40.9 Å². The zero-order valence-electron chi connectivity index (χ0n) is 17.5. The van der Waals surface area contributed by atoms with Crippen molar-refractivity contribution in [3.63, 3.8) is 0 Å². The molecule has 9 heteroatoms. The van der Waals surface area contributed by atoms with E-state index in [-0.39, 0.29) is 23.8 Å². The Morgan fingerprint density at radius 3 is 2.67 bits per heavy atom. The molecule has 3 fully saturated rings. The smallest absolute Gasteiger partial charge is 0.250 e. The molecule has 1 spiro atoms. The Bertz CT molecular complexity index is 1260. The van der Waals surface area contributed by atoms with Crippen LogP contribution in [-0.4, -0.2) is 48.4 Å². The first-order valence-corrected chi connectivity index (χ1v) is 12.0. The van der Waals surface area contributed by atoms with Gasteiger partial charge in [-0.3, -0.25) is 19.3 Å². The maximum absolute atomic E-state index is 14.0. The van der Waals surface area contributed by atoms with Crippen LogP contribution >= 0.6 is 15.9 Å². The van der Waals surface area contributed by atoms with E-state index < -0.39 is 17.4 Å². The minimum absolute atomic E-state index is 0.149. The number of carbonyl (C=O) groups excluding carboxylic acids is 3. The Kier molecular flexibility index (Phi) is 3.89. The number of hydrogen-bond acceptors (Lipinski definition) is 6. The summed E-state index contributed by atoms with van der Waals surface area (Å²) in [6, 6.07) is 10.6. The second-order valence-corrected chi connectivity index (χ2v) is 10.1. The lowest BCUT2D eigenvalue weighted by molar-refractivity contribution is -0.135. The summed E-state index contributed by atoms with van der Waals surface area (Å²) in [6.07, 6.45) is 1.67. The van der Waals surface area contributed by atoms with Gasteiger partial charge in [-0.05, 0) is 49.7 Å². The van der Waals surface area contributed by atoms with Gasteiger partial charge in [0.15, 0.2) is 11.5 Å². The highest BCUT2D eigenvalue weighted by molar-refractivity contribution is 9.10. The Balaban J connectivity index is 1.39. The molecule has 168 valence electrons. The number of imide groups is 1. The highest BCUT2D eigenvalue weighted by atomic mass is 79.9. The van der Waals surface area contributed by atoms with Crippen LogP contribution in [-0.2, 0) is 19.9 Å². The molecule has 1 N–H and O–H groups in total. The topological polar surface area (TPSA) is 88.2 Å². The van der Waals surface area contributed by atoms with Crippen LogP contribution in [0.4, 0.5) is 11.4 Å². The number of hydrogen-bond donors (Lipinski definition) is 1. The SMILES string of the molecule is O=C1C2C3CCCN3C3(C(=O)Nc4ccc(Br)cc43)C2C(=O)N1c1ccc2c(c1)OCCO2. The lowest BCUT2D eigenvalue weighted by Gasteiger charge is -2.36. The molecule has 5 aliphatic rings. The number of benzene rings is 2. The monoisotopic (exact) mass is 509 g/mol. The van der Waals surface area contributed by atoms with Crippen molar-refractivity contribution in [1.29, 1.82) is 0 Å². The van der Waals surface area contributed by atoms with E-state index in [1.54, 1.807) is 18.2 Å². The molecule has 2 aromatic rings. The zero-order valence-corrected chi connectivity index (χ0v) is 19.1. The van der Waals surface area contributed by atoms with Crippen molar-refractivity contribution < 1.29 is 23.9 Å². The number of fused-ring (bicyclic) bond motifs is 8. The first-order chi connectivity index (χ1) is 16.0. The maximum Gasteiger partial charge on any atom is 0.250 e. The summed E-state index contributed by atoms with van der Waals surface area (Å²) in [6.45, 7) is 1.55. The summed E-state index contributed by atoms with van der Waals surface area (Å²) in [5.74, 6) is -1.04. The molecule has 3 amide bonds. The molecule has 33 heavy (non-hydrogen) atoms. The Labute approximate surface area is 197 Å². The third kappa shape index (κ3) is 2.31. The van der Waals surface area contributed by atoms with Crippen molar-refractivity contribution in [2.24, 2.45) is 11.8 Å².